The molecule has 0 radical (unpaired) electrons. The zero-order chi connectivity index (χ0) is 18.5. The van der Waals surface area contributed by atoms with Gasteiger partial charge in [-0.3, -0.25) is 0 Å². The van der Waals surface area contributed by atoms with Gasteiger partial charge in [-0.05, 0) is 24.3 Å². The van der Waals surface area contributed by atoms with Crippen molar-refractivity contribution in [3.05, 3.63) is 53.6 Å². The fourth-order valence-corrected chi connectivity index (χ4v) is 2.83. The fourth-order valence-electron chi connectivity index (χ4n) is 2.83. The minimum absolute atomic E-state index is 0.321. The van der Waals surface area contributed by atoms with Gasteiger partial charge >= 0.3 is 0 Å². The third-order valence-corrected chi connectivity index (χ3v) is 4.09. The molecule has 0 aliphatic carbocycles. The standard InChI is InChI=1S/C19H21N3O4/c1-23-15-9-13(10-16(24-2)18(15)25-3)17(22-20)14-11-26-19(21-14)12-7-5-4-6-8-12/h4-10,14H,11,20H2,1-3H3/b22-17+. The highest BCUT2D eigenvalue weighted by atomic mass is 16.5. The Kier molecular flexibility index (Phi) is 5.26. The molecule has 136 valence electrons. The van der Waals surface area contributed by atoms with E-state index in [0.29, 0.717) is 35.5 Å². The van der Waals surface area contributed by atoms with E-state index in [2.05, 4.69) is 10.1 Å². The average Bonchev–Trinajstić information content (AvgIpc) is 3.18. The summed E-state index contributed by atoms with van der Waals surface area (Å²) in [7, 11) is 4.68. The van der Waals surface area contributed by atoms with Gasteiger partial charge < -0.3 is 24.8 Å². The van der Waals surface area contributed by atoms with Crippen LogP contribution in [0.1, 0.15) is 11.1 Å². The first-order chi connectivity index (χ1) is 12.7. The molecule has 2 aromatic carbocycles. The van der Waals surface area contributed by atoms with Crippen LogP contribution in [0, 0.1) is 0 Å². The summed E-state index contributed by atoms with van der Waals surface area (Å²) >= 11 is 0. The molecule has 0 saturated carbocycles. The third kappa shape index (κ3) is 3.28. The average molecular weight is 355 g/mol. The molecule has 0 fully saturated rings. The number of nitrogens with zero attached hydrogens (tertiary/aromatic N) is 2. The van der Waals surface area contributed by atoms with Gasteiger partial charge in [-0.25, -0.2) is 4.99 Å². The molecule has 0 saturated heterocycles. The van der Waals surface area contributed by atoms with Crippen molar-refractivity contribution >= 4 is 11.6 Å². The molecule has 7 nitrogen and oxygen atoms in total. The first-order valence-corrected chi connectivity index (χ1v) is 8.06. The van der Waals surface area contributed by atoms with E-state index in [9.17, 15) is 0 Å². The van der Waals surface area contributed by atoms with Gasteiger partial charge in [-0.2, -0.15) is 5.10 Å². The lowest BCUT2D eigenvalue weighted by Gasteiger charge is -2.16. The normalized spacial score (nSPS) is 16.7. The summed E-state index contributed by atoms with van der Waals surface area (Å²) in [6, 6.07) is 13.0. The van der Waals surface area contributed by atoms with Crippen molar-refractivity contribution in [3.8, 4) is 17.2 Å². The highest BCUT2D eigenvalue weighted by Gasteiger charge is 2.27. The molecule has 1 heterocycles. The van der Waals surface area contributed by atoms with Gasteiger partial charge in [0.05, 0.1) is 27.0 Å². The summed E-state index contributed by atoms with van der Waals surface area (Å²) in [6.07, 6.45) is 0. The molecule has 1 atom stereocenters. The van der Waals surface area contributed by atoms with Gasteiger partial charge in [0.2, 0.25) is 11.6 Å². The van der Waals surface area contributed by atoms with Gasteiger partial charge in [-0.1, -0.05) is 18.2 Å². The van der Waals surface area contributed by atoms with E-state index in [1.165, 1.54) is 0 Å². The predicted molar refractivity (Wildman–Crippen MR) is 99.5 cm³/mol. The van der Waals surface area contributed by atoms with Crippen LogP contribution in [0.15, 0.2) is 52.6 Å². The predicted octanol–water partition coefficient (Wildman–Crippen LogP) is 2.22. The lowest BCUT2D eigenvalue weighted by atomic mass is 10.0. The Morgan fingerprint density at radius 2 is 1.73 bits per heavy atom. The molecule has 1 aliphatic rings. The number of hydrogen-bond donors (Lipinski definition) is 1. The van der Waals surface area contributed by atoms with Crippen LogP contribution in [0.5, 0.6) is 17.2 Å². The summed E-state index contributed by atoms with van der Waals surface area (Å²) in [5, 5.41) is 3.95. The minimum atomic E-state index is -0.321. The van der Waals surface area contributed by atoms with E-state index < -0.39 is 0 Å². The van der Waals surface area contributed by atoms with E-state index >= 15 is 0 Å². The van der Waals surface area contributed by atoms with Crippen LogP contribution >= 0.6 is 0 Å². The van der Waals surface area contributed by atoms with Gasteiger partial charge in [-0.15, -0.1) is 0 Å². The molecule has 0 spiro atoms. The molecule has 3 rings (SSSR count). The van der Waals surface area contributed by atoms with Crippen molar-refractivity contribution < 1.29 is 18.9 Å². The van der Waals surface area contributed by atoms with Crippen molar-refractivity contribution in [2.24, 2.45) is 15.9 Å². The monoisotopic (exact) mass is 355 g/mol. The van der Waals surface area contributed by atoms with Crippen molar-refractivity contribution in [1.29, 1.82) is 0 Å². The number of ether oxygens (including phenoxy) is 4. The molecule has 26 heavy (non-hydrogen) atoms. The maximum Gasteiger partial charge on any atom is 0.216 e. The second-order valence-corrected chi connectivity index (χ2v) is 5.56. The Morgan fingerprint density at radius 1 is 1.08 bits per heavy atom. The molecule has 7 heteroatoms. The Balaban J connectivity index is 1.96. The zero-order valence-corrected chi connectivity index (χ0v) is 14.9. The van der Waals surface area contributed by atoms with E-state index in [0.717, 1.165) is 11.1 Å². The second kappa shape index (κ2) is 7.77. The van der Waals surface area contributed by atoms with Crippen LogP contribution in [0.25, 0.3) is 0 Å². The smallest absolute Gasteiger partial charge is 0.216 e. The number of nitrogens with two attached hydrogens (primary N) is 1. The topological polar surface area (TPSA) is 87.7 Å². The molecule has 1 aliphatic heterocycles. The first kappa shape index (κ1) is 17.6. The van der Waals surface area contributed by atoms with Gasteiger partial charge in [0.15, 0.2) is 11.5 Å². The quantitative estimate of drug-likeness (QED) is 0.488. The van der Waals surface area contributed by atoms with Crippen LogP contribution in [-0.2, 0) is 4.74 Å². The number of hydrazone groups is 1. The summed E-state index contributed by atoms with van der Waals surface area (Å²) in [5.74, 6) is 7.80. The van der Waals surface area contributed by atoms with Crippen molar-refractivity contribution in [3.63, 3.8) is 0 Å². The number of hydrogen-bond acceptors (Lipinski definition) is 7. The number of rotatable bonds is 6. The van der Waals surface area contributed by atoms with Crippen LogP contribution in [0.4, 0.5) is 0 Å². The number of methoxy groups -OCH3 is 3. The zero-order valence-electron chi connectivity index (χ0n) is 14.9. The van der Waals surface area contributed by atoms with E-state index in [1.807, 2.05) is 30.3 Å². The summed E-state index contributed by atoms with van der Waals surface area (Å²) in [5.41, 5.74) is 2.22. The lowest BCUT2D eigenvalue weighted by molar-refractivity contribution is 0.324. The van der Waals surface area contributed by atoms with Crippen LogP contribution in [0.2, 0.25) is 0 Å². The maximum absolute atomic E-state index is 5.74. The number of benzene rings is 2. The Labute approximate surface area is 152 Å². The maximum atomic E-state index is 5.74. The van der Waals surface area contributed by atoms with Crippen LogP contribution in [-0.4, -0.2) is 45.6 Å². The van der Waals surface area contributed by atoms with E-state index in [1.54, 1.807) is 33.5 Å². The lowest BCUT2D eigenvalue weighted by Crippen LogP contribution is -2.23. The van der Waals surface area contributed by atoms with Crippen LogP contribution < -0.4 is 20.1 Å². The SMILES string of the molecule is COc1cc(/C(=N\N)C2COC(c3ccccc3)=N2)cc(OC)c1OC. The largest absolute Gasteiger partial charge is 0.493 e. The summed E-state index contributed by atoms with van der Waals surface area (Å²) < 4.78 is 21.9. The third-order valence-electron chi connectivity index (χ3n) is 4.09. The number of aliphatic imine (C=N–C) groups is 1. The van der Waals surface area contributed by atoms with Gasteiger partial charge in [0.1, 0.15) is 12.6 Å². The molecular formula is C19H21N3O4. The minimum Gasteiger partial charge on any atom is -0.493 e. The summed E-state index contributed by atoms with van der Waals surface area (Å²) in [6.45, 7) is 0.358. The molecular weight excluding hydrogens is 334 g/mol. The van der Waals surface area contributed by atoms with Crippen molar-refractivity contribution in [2.45, 2.75) is 6.04 Å². The Morgan fingerprint density at radius 3 is 2.27 bits per heavy atom. The first-order valence-electron chi connectivity index (χ1n) is 8.06. The van der Waals surface area contributed by atoms with Gasteiger partial charge in [0, 0.05) is 11.1 Å². The van der Waals surface area contributed by atoms with Crippen molar-refractivity contribution in [2.75, 3.05) is 27.9 Å². The Bertz CT molecular complexity index is 809. The van der Waals surface area contributed by atoms with Crippen LogP contribution in [0.3, 0.4) is 0 Å². The highest BCUT2D eigenvalue weighted by Crippen LogP contribution is 2.38. The summed E-state index contributed by atoms with van der Waals surface area (Å²) in [4.78, 5) is 4.63. The Hall–Kier alpha value is -3.22. The second-order valence-electron chi connectivity index (χ2n) is 5.56. The fraction of sp³-hybridized carbons (Fsp3) is 0.263. The molecule has 2 aromatic rings. The molecule has 2 N–H and O–H groups in total. The van der Waals surface area contributed by atoms with E-state index in [-0.39, 0.29) is 6.04 Å². The van der Waals surface area contributed by atoms with Crippen molar-refractivity contribution in [1.82, 2.24) is 0 Å². The molecule has 0 amide bonds. The molecule has 0 aromatic heterocycles. The highest BCUT2D eigenvalue weighted by molar-refractivity contribution is 6.08. The van der Waals surface area contributed by atoms with E-state index in [4.69, 9.17) is 24.8 Å². The molecule has 0 bridgehead atoms. The molecule has 1 unspecified atom stereocenters. The van der Waals surface area contributed by atoms with Gasteiger partial charge in [0.25, 0.3) is 0 Å².